The van der Waals surface area contributed by atoms with Gasteiger partial charge in [-0.15, -0.1) is 0 Å². The van der Waals surface area contributed by atoms with Gasteiger partial charge in [0.1, 0.15) is 0 Å². The number of hydrogen-bond acceptors (Lipinski definition) is 3. The molecule has 3 atom stereocenters. The van der Waals surface area contributed by atoms with E-state index in [4.69, 9.17) is 0 Å². The third-order valence-electron chi connectivity index (χ3n) is 4.03. The van der Waals surface area contributed by atoms with Gasteiger partial charge in [-0.25, -0.2) is 0 Å². The van der Waals surface area contributed by atoms with Gasteiger partial charge in [0.25, 0.3) is 0 Å². The summed E-state index contributed by atoms with van der Waals surface area (Å²) < 4.78 is 0. The lowest BCUT2D eigenvalue weighted by molar-refractivity contribution is 0.0931. The van der Waals surface area contributed by atoms with Gasteiger partial charge in [0, 0.05) is 37.0 Å². The molecule has 0 aliphatic carbocycles. The first-order chi connectivity index (χ1) is 9.26. The second-order valence-corrected chi connectivity index (χ2v) is 6.36. The van der Waals surface area contributed by atoms with Crippen molar-refractivity contribution in [3.05, 3.63) is 35.9 Å². The molecule has 106 valence electrons. The van der Waals surface area contributed by atoms with Gasteiger partial charge >= 0.3 is 0 Å². The van der Waals surface area contributed by atoms with E-state index in [2.05, 4.69) is 60.7 Å². The summed E-state index contributed by atoms with van der Waals surface area (Å²) in [6, 6.07) is 12.7. The van der Waals surface area contributed by atoms with Crippen LogP contribution in [0.2, 0.25) is 0 Å². The molecule has 1 N–H and O–H groups in total. The van der Waals surface area contributed by atoms with Crippen molar-refractivity contribution in [2.75, 3.05) is 25.1 Å². The first-order valence-corrected chi connectivity index (χ1v) is 8.68. The number of hydrogen-bond donors (Lipinski definition) is 1. The van der Waals surface area contributed by atoms with E-state index in [0.717, 1.165) is 13.1 Å². The summed E-state index contributed by atoms with van der Waals surface area (Å²) >= 11 is 1.96. The SMILES string of the molecule is CCC(CSC)N1CC(C)NCC1c1ccccc1. The number of nitrogens with zero attached hydrogens (tertiary/aromatic N) is 1. The third kappa shape index (κ3) is 3.74. The smallest absolute Gasteiger partial charge is 0.0476 e. The van der Waals surface area contributed by atoms with Crippen LogP contribution in [0.1, 0.15) is 31.9 Å². The molecule has 0 saturated carbocycles. The molecule has 2 nitrogen and oxygen atoms in total. The molecule has 1 fully saturated rings. The molecule has 1 aliphatic heterocycles. The summed E-state index contributed by atoms with van der Waals surface area (Å²) in [5.74, 6) is 1.23. The topological polar surface area (TPSA) is 15.3 Å². The zero-order valence-electron chi connectivity index (χ0n) is 12.3. The quantitative estimate of drug-likeness (QED) is 0.890. The minimum atomic E-state index is 0.523. The molecule has 0 aromatic heterocycles. The van der Waals surface area contributed by atoms with Crippen LogP contribution in [0, 0.1) is 0 Å². The lowest BCUT2D eigenvalue weighted by atomic mass is 9.99. The fourth-order valence-electron chi connectivity index (χ4n) is 2.97. The molecule has 3 unspecified atom stereocenters. The van der Waals surface area contributed by atoms with Gasteiger partial charge in [-0.1, -0.05) is 37.3 Å². The zero-order chi connectivity index (χ0) is 13.7. The van der Waals surface area contributed by atoms with E-state index < -0.39 is 0 Å². The average Bonchev–Trinajstić information content (AvgIpc) is 2.45. The highest BCUT2D eigenvalue weighted by Crippen LogP contribution is 2.27. The number of benzene rings is 1. The monoisotopic (exact) mass is 278 g/mol. The molecule has 0 radical (unpaired) electrons. The maximum Gasteiger partial charge on any atom is 0.0476 e. The lowest BCUT2D eigenvalue weighted by Crippen LogP contribution is -2.55. The second kappa shape index (κ2) is 7.32. The van der Waals surface area contributed by atoms with Crippen molar-refractivity contribution < 1.29 is 0 Å². The van der Waals surface area contributed by atoms with Crippen molar-refractivity contribution in [1.29, 1.82) is 0 Å². The van der Waals surface area contributed by atoms with Gasteiger partial charge in [-0.3, -0.25) is 4.90 Å². The summed E-state index contributed by atoms with van der Waals surface area (Å²) in [6.45, 7) is 6.82. The van der Waals surface area contributed by atoms with Crippen molar-refractivity contribution in [2.45, 2.75) is 38.4 Å². The molecular weight excluding hydrogens is 252 g/mol. The van der Waals surface area contributed by atoms with E-state index in [1.165, 1.54) is 17.7 Å². The Balaban J connectivity index is 2.19. The Morgan fingerprint density at radius 1 is 1.37 bits per heavy atom. The Morgan fingerprint density at radius 3 is 2.74 bits per heavy atom. The van der Waals surface area contributed by atoms with Gasteiger partial charge in [-0.2, -0.15) is 11.8 Å². The van der Waals surface area contributed by atoms with Crippen LogP contribution in [-0.4, -0.2) is 42.1 Å². The summed E-state index contributed by atoms with van der Waals surface area (Å²) in [5, 5.41) is 3.63. The first kappa shape index (κ1) is 14.9. The van der Waals surface area contributed by atoms with E-state index in [-0.39, 0.29) is 0 Å². The Labute approximate surface area is 122 Å². The fraction of sp³-hybridized carbons (Fsp3) is 0.625. The Hall–Kier alpha value is -0.510. The van der Waals surface area contributed by atoms with Crippen LogP contribution in [0.5, 0.6) is 0 Å². The summed E-state index contributed by atoms with van der Waals surface area (Å²) in [5.41, 5.74) is 1.45. The molecule has 2 rings (SSSR count). The number of nitrogens with one attached hydrogen (secondary N) is 1. The predicted molar refractivity (Wildman–Crippen MR) is 85.8 cm³/mol. The van der Waals surface area contributed by atoms with Gasteiger partial charge in [0.05, 0.1) is 0 Å². The molecule has 0 bridgehead atoms. The van der Waals surface area contributed by atoms with E-state index in [1.54, 1.807) is 0 Å². The van der Waals surface area contributed by atoms with Crippen molar-refractivity contribution in [3.63, 3.8) is 0 Å². The molecule has 1 aromatic rings. The van der Waals surface area contributed by atoms with Crippen molar-refractivity contribution in [2.24, 2.45) is 0 Å². The maximum absolute atomic E-state index is 3.63. The maximum atomic E-state index is 3.63. The minimum Gasteiger partial charge on any atom is -0.311 e. The molecule has 0 amide bonds. The van der Waals surface area contributed by atoms with Crippen LogP contribution in [0.15, 0.2) is 30.3 Å². The second-order valence-electron chi connectivity index (χ2n) is 5.45. The number of piperazine rings is 1. The van der Waals surface area contributed by atoms with Crippen LogP contribution in [0.3, 0.4) is 0 Å². The van der Waals surface area contributed by atoms with E-state index in [1.807, 2.05) is 11.8 Å². The summed E-state index contributed by atoms with van der Waals surface area (Å²) in [4.78, 5) is 2.72. The molecular formula is C16H26N2S. The van der Waals surface area contributed by atoms with Crippen LogP contribution in [0.25, 0.3) is 0 Å². The number of rotatable bonds is 5. The minimum absolute atomic E-state index is 0.523. The van der Waals surface area contributed by atoms with Crippen molar-refractivity contribution >= 4 is 11.8 Å². The van der Waals surface area contributed by atoms with E-state index >= 15 is 0 Å². The van der Waals surface area contributed by atoms with Crippen LogP contribution in [0.4, 0.5) is 0 Å². The first-order valence-electron chi connectivity index (χ1n) is 7.29. The highest BCUT2D eigenvalue weighted by Gasteiger charge is 2.31. The Bertz CT molecular complexity index is 368. The summed E-state index contributed by atoms with van der Waals surface area (Å²) in [7, 11) is 0. The number of thioether (sulfide) groups is 1. The normalized spacial score (nSPS) is 26.3. The van der Waals surface area contributed by atoms with Gasteiger partial charge in [-0.05, 0) is 25.2 Å². The highest BCUT2D eigenvalue weighted by molar-refractivity contribution is 7.98. The lowest BCUT2D eigenvalue weighted by Gasteiger charge is -2.44. The largest absolute Gasteiger partial charge is 0.311 e. The average molecular weight is 278 g/mol. The molecule has 0 spiro atoms. The van der Waals surface area contributed by atoms with Crippen LogP contribution in [-0.2, 0) is 0 Å². The third-order valence-corrected chi connectivity index (χ3v) is 4.75. The summed E-state index contributed by atoms with van der Waals surface area (Å²) in [6.07, 6.45) is 3.45. The van der Waals surface area contributed by atoms with Gasteiger partial charge in [0.2, 0.25) is 0 Å². The van der Waals surface area contributed by atoms with Crippen molar-refractivity contribution in [3.8, 4) is 0 Å². The fourth-order valence-corrected chi connectivity index (χ4v) is 3.78. The van der Waals surface area contributed by atoms with Crippen molar-refractivity contribution in [1.82, 2.24) is 10.2 Å². The molecule has 1 heterocycles. The standard InChI is InChI=1S/C16H26N2S/c1-4-15(12-19-3)18-11-13(2)17-10-16(18)14-8-6-5-7-9-14/h5-9,13,15-17H,4,10-12H2,1-3H3. The van der Waals surface area contributed by atoms with Crippen LogP contribution >= 0.6 is 11.8 Å². The predicted octanol–water partition coefficient (Wildman–Crippen LogP) is 3.16. The molecule has 1 aliphatic rings. The van der Waals surface area contributed by atoms with Crippen LogP contribution < -0.4 is 5.32 Å². The zero-order valence-corrected chi connectivity index (χ0v) is 13.1. The van der Waals surface area contributed by atoms with Gasteiger partial charge < -0.3 is 5.32 Å². The molecule has 1 aromatic carbocycles. The molecule has 19 heavy (non-hydrogen) atoms. The molecule has 3 heteroatoms. The Morgan fingerprint density at radius 2 is 2.11 bits per heavy atom. The van der Waals surface area contributed by atoms with Gasteiger partial charge in [0.15, 0.2) is 0 Å². The van der Waals surface area contributed by atoms with E-state index in [0.29, 0.717) is 18.1 Å². The molecule has 1 saturated heterocycles. The van der Waals surface area contributed by atoms with E-state index in [9.17, 15) is 0 Å². The highest BCUT2D eigenvalue weighted by atomic mass is 32.2. The Kier molecular flexibility index (Phi) is 5.74.